The van der Waals surface area contributed by atoms with Gasteiger partial charge in [-0.25, -0.2) is 0 Å². The van der Waals surface area contributed by atoms with Crippen LogP contribution in [0.4, 0.5) is 0 Å². The van der Waals surface area contributed by atoms with Gasteiger partial charge in [0, 0.05) is 30.2 Å². The second-order valence-electron chi connectivity index (χ2n) is 8.96. The van der Waals surface area contributed by atoms with Crippen LogP contribution < -0.4 is 16.4 Å². The van der Waals surface area contributed by atoms with E-state index in [-0.39, 0.29) is 36.3 Å². The van der Waals surface area contributed by atoms with Gasteiger partial charge in [0.1, 0.15) is 0 Å². The lowest BCUT2D eigenvalue weighted by molar-refractivity contribution is -0.129. The summed E-state index contributed by atoms with van der Waals surface area (Å²) in [5.41, 5.74) is 6.74. The van der Waals surface area contributed by atoms with Crippen molar-refractivity contribution >= 4 is 18.3 Å². The molecule has 4 nitrogen and oxygen atoms in total. The van der Waals surface area contributed by atoms with Gasteiger partial charge in [-0.2, -0.15) is 0 Å². The molecule has 2 unspecified atom stereocenters. The van der Waals surface area contributed by atoms with Crippen LogP contribution in [0, 0.1) is 29.6 Å². The molecule has 1 saturated carbocycles. The van der Waals surface area contributed by atoms with E-state index in [0.29, 0.717) is 30.2 Å². The monoisotopic (exact) mass is 387 g/mol. The van der Waals surface area contributed by atoms with Crippen LogP contribution in [0.5, 0.6) is 0 Å². The Morgan fingerprint density at radius 1 is 1.19 bits per heavy atom. The molecule has 0 aromatic carbocycles. The van der Waals surface area contributed by atoms with Crippen molar-refractivity contribution < 1.29 is 4.79 Å². The zero-order valence-corrected chi connectivity index (χ0v) is 18.5. The van der Waals surface area contributed by atoms with Gasteiger partial charge in [-0.3, -0.25) is 4.79 Å². The van der Waals surface area contributed by atoms with Crippen molar-refractivity contribution in [2.75, 3.05) is 6.54 Å². The first kappa shape index (κ1) is 25.3. The van der Waals surface area contributed by atoms with E-state index < -0.39 is 0 Å². The highest BCUT2D eigenvalue weighted by Gasteiger charge is 2.35. The van der Waals surface area contributed by atoms with E-state index >= 15 is 0 Å². The summed E-state index contributed by atoms with van der Waals surface area (Å²) >= 11 is 0. The van der Waals surface area contributed by atoms with Gasteiger partial charge >= 0.3 is 0 Å². The Morgan fingerprint density at radius 2 is 1.81 bits per heavy atom. The molecule has 0 saturated heterocycles. The van der Waals surface area contributed by atoms with Crippen LogP contribution in [0.3, 0.4) is 0 Å². The van der Waals surface area contributed by atoms with E-state index in [1.165, 1.54) is 12.8 Å². The zero-order chi connectivity index (χ0) is 19.1. The molecule has 1 amide bonds. The van der Waals surface area contributed by atoms with Crippen LogP contribution in [-0.4, -0.2) is 24.5 Å². The minimum atomic E-state index is -0.0881. The summed E-state index contributed by atoms with van der Waals surface area (Å²) in [7, 11) is 0. The Balaban J connectivity index is 0.00000625. The van der Waals surface area contributed by atoms with E-state index in [4.69, 9.17) is 5.73 Å². The molecular formula is C21H42ClN3O. The maximum atomic E-state index is 12.9. The molecule has 0 aromatic heterocycles. The first-order chi connectivity index (χ1) is 11.6. The largest absolute Gasteiger partial charge is 0.383 e. The van der Waals surface area contributed by atoms with E-state index in [2.05, 4.69) is 51.8 Å². The summed E-state index contributed by atoms with van der Waals surface area (Å²) < 4.78 is 0. The van der Waals surface area contributed by atoms with Crippen LogP contribution in [-0.2, 0) is 4.79 Å². The molecule has 26 heavy (non-hydrogen) atoms. The summed E-state index contributed by atoms with van der Waals surface area (Å²) in [5, 5.41) is 6.64. The standard InChI is InChI=1S/C21H41N3O.ClH/c1-13(2)10-18(24-17(7)16(6)22)12-23-21(25)20-11-15(5)8-9-19(20)14(3)4;/h13-16,18-20,24H,7-12,22H2,1-6H3,(H,23,25);1H/t15-,16?,18?,19+,20-;/m1./s1. The van der Waals surface area contributed by atoms with Gasteiger partial charge in [0.2, 0.25) is 5.91 Å². The highest BCUT2D eigenvalue weighted by molar-refractivity contribution is 5.85. The number of amides is 1. The van der Waals surface area contributed by atoms with Gasteiger partial charge in [-0.15, -0.1) is 12.4 Å². The van der Waals surface area contributed by atoms with Crippen molar-refractivity contribution in [1.29, 1.82) is 0 Å². The molecule has 1 fully saturated rings. The lowest BCUT2D eigenvalue weighted by Crippen LogP contribution is -2.47. The lowest BCUT2D eigenvalue weighted by Gasteiger charge is -2.36. The Morgan fingerprint density at radius 3 is 2.31 bits per heavy atom. The molecule has 5 heteroatoms. The maximum absolute atomic E-state index is 12.9. The normalized spacial score (nSPS) is 25.3. The molecular weight excluding hydrogens is 346 g/mol. The maximum Gasteiger partial charge on any atom is 0.223 e. The van der Waals surface area contributed by atoms with Crippen LogP contribution >= 0.6 is 12.4 Å². The van der Waals surface area contributed by atoms with Gasteiger partial charge in [0.15, 0.2) is 0 Å². The molecule has 0 bridgehead atoms. The van der Waals surface area contributed by atoms with Crippen molar-refractivity contribution in [3.05, 3.63) is 12.3 Å². The summed E-state index contributed by atoms with van der Waals surface area (Å²) in [5.74, 6) is 2.64. The Kier molecular flexibility index (Phi) is 11.5. The predicted octanol–water partition coefficient (Wildman–Crippen LogP) is 4.10. The Bertz CT molecular complexity index is 437. The molecule has 0 aromatic rings. The molecule has 1 rings (SSSR count). The van der Waals surface area contributed by atoms with E-state index in [1.807, 2.05) is 6.92 Å². The average molecular weight is 388 g/mol. The van der Waals surface area contributed by atoms with Crippen LogP contribution in [0.2, 0.25) is 0 Å². The second-order valence-corrected chi connectivity index (χ2v) is 8.96. The molecule has 5 atom stereocenters. The van der Waals surface area contributed by atoms with Crippen LogP contribution in [0.15, 0.2) is 12.3 Å². The SMILES string of the molecule is C=C(NC(CNC(=O)[C@@H]1C[C@H](C)CC[C@H]1C(C)C)CC(C)C)C(C)N.Cl. The highest BCUT2D eigenvalue weighted by Crippen LogP contribution is 2.38. The van der Waals surface area contributed by atoms with Crippen molar-refractivity contribution in [1.82, 2.24) is 10.6 Å². The van der Waals surface area contributed by atoms with E-state index in [9.17, 15) is 4.79 Å². The molecule has 0 spiro atoms. The number of carbonyl (C=O) groups is 1. The van der Waals surface area contributed by atoms with Gasteiger partial charge in [-0.1, -0.05) is 47.6 Å². The fourth-order valence-corrected chi connectivity index (χ4v) is 4.01. The number of nitrogens with two attached hydrogens (primary N) is 1. The minimum absolute atomic E-state index is 0. The number of rotatable bonds is 9. The number of halogens is 1. The van der Waals surface area contributed by atoms with Crippen LogP contribution in [0.25, 0.3) is 0 Å². The molecule has 0 heterocycles. The number of hydrogen-bond donors (Lipinski definition) is 3. The molecule has 0 radical (unpaired) electrons. The van der Waals surface area contributed by atoms with Crippen molar-refractivity contribution in [2.24, 2.45) is 35.3 Å². The number of hydrogen-bond acceptors (Lipinski definition) is 3. The fourth-order valence-electron chi connectivity index (χ4n) is 4.01. The molecule has 0 aliphatic heterocycles. The minimum Gasteiger partial charge on any atom is -0.383 e. The molecule has 1 aliphatic rings. The predicted molar refractivity (Wildman–Crippen MR) is 114 cm³/mol. The molecule has 154 valence electrons. The summed E-state index contributed by atoms with van der Waals surface area (Å²) in [4.78, 5) is 12.9. The van der Waals surface area contributed by atoms with Crippen molar-refractivity contribution in [2.45, 2.75) is 79.3 Å². The van der Waals surface area contributed by atoms with Gasteiger partial charge in [-0.05, 0) is 49.9 Å². The van der Waals surface area contributed by atoms with E-state index in [1.54, 1.807) is 0 Å². The van der Waals surface area contributed by atoms with Crippen molar-refractivity contribution in [3.8, 4) is 0 Å². The summed E-state index contributed by atoms with van der Waals surface area (Å²) in [6, 6.07) is 0.0934. The van der Waals surface area contributed by atoms with Gasteiger partial charge in [0.05, 0.1) is 0 Å². The Labute approximate surface area is 167 Å². The summed E-state index contributed by atoms with van der Waals surface area (Å²) in [6.45, 7) is 17.7. The first-order valence-corrected chi connectivity index (χ1v) is 10.1. The molecule has 1 aliphatic carbocycles. The lowest BCUT2D eigenvalue weighted by atomic mass is 9.70. The third kappa shape index (κ3) is 8.30. The topological polar surface area (TPSA) is 67.1 Å². The number of carbonyl (C=O) groups excluding carboxylic acids is 1. The summed E-state index contributed by atoms with van der Waals surface area (Å²) in [6.07, 6.45) is 4.43. The Hall–Kier alpha value is -0.740. The highest BCUT2D eigenvalue weighted by atomic mass is 35.5. The fraction of sp³-hybridized carbons (Fsp3) is 0.857. The third-order valence-corrected chi connectivity index (χ3v) is 5.58. The van der Waals surface area contributed by atoms with Gasteiger partial charge in [0.25, 0.3) is 0 Å². The quantitative estimate of drug-likeness (QED) is 0.558. The molecule has 4 N–H and O–H groups in total. The first-order valence-electron chi connectivity index (χ1n) is 10.1. The number of nitrogens with one attached hydrogen (secondary N) is 2. The zero-order valence-electron chi connectivity index (χ0n) is 17.7. The van der Waals surface area contributed by atoms with Crippen LogP contribution in [0.1, 0.15) is 67.2 Å². The van der Waals surface area contributed by atoms with Crippen molar-refractivity contribution in [3.63, 3.8) is 0 Å². The smallest absolute Gasteiger partial charge is 0.223 e. The third-order valence-electron chi connectivity index (χ3n) is 5.58. The van der Waals surface area contributed by atoms with Gasteiger partial charge < -0.3 is 16.4 Å². The average Bonchev–Trinajstić information content (AvgIpc) is 2.51. The second kappa shape index (κ2) is 11.9. The van der Waals surface area contributed by atoms with E-state index in [0.717, 1.165) is 18.5 Å².